The van der Waals surface area contributed by atoms with E-state index < -0.39 is 151 Å². The van der Waals surface area contributed by atoms with Gasteiger partial charge in [-0.3, -0.25) is 57.5 Å². The van der Waals surface area contributed by atoms with E-state index in [1.807, 2.05) is 69.2 Å². The van der Waals surface area contributed by atoms with E-state index in [1.54, 1.807) is 20.8 Å². The predicted molar refractivity (Wildman–Crippen MR) is 336 cm³/mol. The minimum atomic E-state index is -1.22. The summed E-state index contributed by atoms with van der Waals surface area (Å²) >= 11 is 0. The van der Waals surface area contributed by atoms with Crippen molar-refractivity contribution in [1.82, 2.24) is 55.6 Å². The first-order chi connectivity index (χ1) is 40.1. The lowest BCUT2D eigenvalue weighted by Crippen LogP contribution is -2.60. The Labute approximate surface area is 520 Å². The van der Waals surface area contributed by atoms with Crippen LogP contribution in [0.25, 0.3) is 0 Å². The maximum absolute atomic E-state index is 14.6. The van der Waals surface area contributed by atoms with Gasteiger partial charge in [0.25, 0.3) is 5.97 Å². The van der Waals surface area contributed by atoms with Crippen molar-refractivity contribution in [3.8, 4) is 0 Å². The van der Waals surface area contributed by atoms with E-state index in [4.69, 9.17) is 9.90 Å². The molecule has 1 fully saturated rings. The molecular weight excluding hydrogens is 1120 g/mol. The van der Waals surface area contributed by atoms with Crippen molar-refractivity contribution < 1.29 is 67.4 Å². The molecule has 0 radical (unpaired) electrons. The van der Waals surface area contributed by atoms with Gasteiger partial charge in [-0.2, -0.15) is 0 Å². The molecule has 502 valence electrons. The van der Waals surface area contributed by atoms with Crippen molar-refractivity contribution >= 4 is 77.2 Å². The SMILES string of the molecule is CC.CC(=O)O.CC(C)C[C@H]1C(=O)NC(C(C)C)C(=O)N(C)[C@@H](CC(C)C)C(=O)N[C@@H](C)C(=O)N[C@H](C)C(=O)N(C)[C@@H](CC(C)C)C(=O)N(C)[C@@H](CC(C)C)C(=O)N(C)CC(=O)N(C)C(C[C@H](C)CC=O)C(=O)NCC(=O)N(C)CC(=O)N1C.CCC. The zero-order valence-electron chi connectivity index (χ0n) is 57.6. The summed E-state index contributed by atoms with van der Waals surface area (Å²) in [5.74, 6) is -9.41. The molecule has 11 amide bonds. The lowest BCUT2D eigenvalue weighted by Gasteiger charge is -2.38. The number of carbonyl (C=O) groups is 13. The first-order valence-corrected chi connectivity index (χ1v) is 30.8. The van der Waals surface area contributed by atoms with E-state index in [0.29, 0.717) is 6.29 Å². The maximum atomic E-state index is 14.6. The van der Waals surface area contributed by atoms with Crippen LogP contribution in [0.2, 0.25) is 0 Å². The van der Waals surface area contributed by atoms with Gasteiger partial charge in [0.1, 0.15) is 54.6 Å². The van der Waals surface area contributed by atoms with Crippen molar-refractivity contribution in [2.75, 3.05) is 69.0 Å². The molecule has 0 saturated carbocycles. The Balaban J connectivity index is -0.00000734. The number of nitrogens with one attached hydrogen (secondary N) is 4. The molecule has 25 heteroatoms. The van der Waals surface area contributed by atoms with Crippen molar-refractivity contribution in [3.05, 3.63) is 0 Å². The molecule has 87 heavy (non-hydrogen) atoms. The number of likely N-dealkylation sites (N-methyl/N-ethyl adjacent to an activating group) is 7. The molecule has 0 spiro atoms. The van der Waals surface area contributed by atoms with E-state index in [1.165, 1.54) is 89.2 Å². The van der Waals surface area contributed by atoms with Gasteiger partial charge in [0.2, 0.25) is 65.0 Å². The van der Waals surface area contributed by atoms with E-state index in [9.17, 15) is 57.5 Å². The molecule has 9 atom stereocenters. The summed E-state index contributed by atoms with van der Waals surface area (Å²) in [7, 11) is 9.82. The normalized spacial score (nSPS) is 23.6. The van der Waals surface area contributed by atoms with Crippen LogP contribution in [0.3, 0.4) is 0 Å². The van der Waals surface area contributed by atoms with Gasteiger partial charge in [-0.05, 0) is 81.5 Å². The zero-order chi connectivity index (χ0) is 68.7. The second kappa shape index (κ2) is 42.2. The fourth-order valence-corrected chi connectivity index (χ4v) is 9.17. The number of carbonyl (C=O) groups excluding carboxylic acids is 12. The van der Waals surface area contributed by atoms with E-state index in [0.717, 1.165) is 21.6 Å². The van der Waals surface area contributed by atoms with Crippen molar-refractivity contribution in [2.45, 2.75) is 218 Å². The van der Waals surface area contributed by atoms with Gasteiger partial charge >= 0.3 is 0 Å². The molecule has 0 aliphatic carbocycles. The average Bonchev–Trinajstić information content (AvgIpc) is 3.16. The quantitative estimate of drug-likeness (QED) is 0.165. The fraction of sp³-hybridized carbons (Fsp3) is 0.790. The van der Waals surface area contributed by atoms with Crippen LogP contribution in [0.1, 0.15) is 170 Å². The third-order valence-corrected chi connectivity index (χ3v) is 14.2. The van der Waals surface area contributed by atoms with Gasteiger partial charge < -0.3 is 65.5 Å². The van der Waals surface area contributed by atoms with Crippen LogP contribution in [-0.2, 0) is 62.3 Å². The van der Waals surface area contributed by atoms with Crippen LogP contribution in [0.4, 0.5) is 0 Å². The first-order valence-electron chi connectivity index (χ1n) is 30.8. The van der Waals surface area contributed by atoms with Crippen LogP contribution in [0.15, 0.2) is 0 Å². The number of aldehydes is 1. The number of aliphatic carboxylic acids is 1. The molecule has 25 nitrogen and oxygen atoms in total. The van der Waals surface area contributed by atoms with Crippen molar-refractivity contribution in [1.29, 1.82) is 0 Å². The molecule has 1 aliphatic rings. The van der Waals surface area contributed by atoms with Gasteiger partial charge in [0.05, 0.1) is 19.6 Å². The second-order valence-electron chi connectivity index (χ2n) is 24.8. The number of hydrogen-bond donors (Lipinski definition) is 5. The number of hydrogen-bond acceptors (Lipinski definition) is 13. The Hall–Kier alpha value is -6.69. The molecule has 0 bridgehead atoms. The topological polar surface area (TPSA) is 313 Å². The lowest BCUT2D eigenvalue weighted by atomic mass is 9.97. The Morgan fingerprint density at radius 2 is 0.828 bits per heavy atom. The van der Waals surface area contributed by atoms with Crippen LogP contribution in [0, 0.1) is 35.5 Å². The van der Waals surface area contributed by atoms with Crippen LogP contribution >= 0.6 is 0 Å². The lowest BCUT2D eigenvalue weighted by molar-refractivity contribution is -0.152. The number of nitrogens with zero attached hydrogens (tertiary/aromatic N) is 7. The Kier molecular flexibility index (Phi) is 41.0. The highest BCUT2D eigenvalue weighted by Crippen LogP contribution is 2.22. The minimum Gasteiger partial charge on any atom is -0.481 e. The molecule has 1 heterocycles. The number of carboxylic acid groups (broad SMARTS) is 1. The van der Waals surface area contributed by atoms with E-state index in [-0.39, 0.29) is 62.2 Å². The molecule has 0 aromatic heterocycles. The van der Waals surface area contributed by atoms with Crippen LogP contribution < -0.4 is 21.3 Å². The smallest absolute Gasteiger partial charge is 0.300 e. The number of rotatable bonds is 13. The number of carboxylic acids is 1. The number of amides is 11. The highest BCUT2D eigenvalue weighted by molar-refractivity contribution is 5.98. The Bertz CT molecular complexity index is 2240. The van der Waals surface area contributed by atoms with E-state index in [2.05, 4.69) is 35.1 Å². The first kappa shape index (κ1) is 84.5. The highest BCUT2D eigenvalue weighted by Gasteiger charge is 2.41. The molecular formula is C62H115N11O14. The summed E-state index contributed by atoms with van der Waals surface area (Å²) in [6, 6.07) is -9.25. The second-order valence-corrected chi connectivity index (χ2v) is 24.8. The summed E-state index contributed by atoms with van der Waals surface area (Å²) in [4.78, 5) is 184. The summed E-state index contributed by atoms with van der Waals surface area (Å²) in [5.41, 5.74) is 0. The Morgan fingerprint density at radius 3 is 1.24 bits per heavy atom. The summed E-state index contributed by atoms with van der Waals surface area (Å²) < 4.78 is 0. The standard InChI is InChI=1S/C55H97N11O12.C3H8.C2H4O2.C2H6/c1-31(2)23-39-51(74)59-47(35(9)10)55(78)64(18)40(24-32(3)4)50(73)57-37(12)48(71)58-38(13)52(75)65(19)43(26-34(7)8)54(77)66(20)42(25-33(5)6)53(76)61(15)30-46(70)63(17)41(27-36(11)21-22-67)49(72)56-28-44(68)60(14)29-45(69)62(39)16;1-3-2;1-2(3)4;1-2/h22,31-43,47H,21,23-30H2,1-20H3,(H,56,72)(H,57,73)(H,58,71)(H,59,74);3H2,1-2H3;1H3,(H,3,4);1-2H3/t36-,37+,38-,39+,40+,41?,42+,43+,47?;;;/m1.../s1. The third-order valence-electron chi connectivity index (χ3n) is 14.2. The van der Waals surface area contributed by atoms with Gasteiger partial charge in [0, 0.05) is 62.7 Å². The molecule has 5 N–H and O–H groups in total. The van der Waals surface area contributed by atoms with Crippen molar-refractivity contribution in [3.63, 3.8) is 0 Å². The summed E-state index contributed by atoms with van der Waals surface area (Å²) in [6.45, 7) is 30.6. The van der Waals surface area contributed by atoms with Gasteiger partial charge in [0.15, 0.2) is 0 Å². The van der Waals surface area contributed by atoms with Gasteiger partial charge in [-0.15, -0.1) is 0 Å². The van der Waals surface area contributed by atoms with Gasteiger partial charge in [-0.1, -0.05) is 110 Å². The summed E-state index contributed by atoms with van der Waals surface area (Å²) in [5, 5.41) is 18.1. The third kappa shape index (κ3) is 30.2. The molecule has 0 aromatic rings. The highest BCUT2D eigenvalue weighted by atomic mass is 16.4. The molecule has 2 unspecified atom stereocenters. The average molecular weight is 1240 g/mol. The van der Waals surface area contributed by atoms with E-state index >= 15 is 0 Å². The maximum Gasteiger partial charge on any atom is 0.300 e. The fourth-order valence-electron chi connectivity index (χ4n) is 9.17. The Morgan fingerprint density at radius 1 is 0.483 bits per heavy atom. The minimum absolute atomic E-state index is 0.00218. The molecule has 1 aliphatic heterocycles. The van der Waals surface area contributed by atoms with Gasteiger partial charge in [-0.25, -0.2) is 0 Å². The molecule has 0 aromatic carbocycles. The van der Waals surface area contributed by atoms with Crippen molar-refractivity contribution in [2.24, 2.45) is 35.5 Å². The monoisotopic (exact) mass is 1240 g/mol. The largest absolute Gasteiger partial charge is 0.481 e. The molecule has 1 saturated heterocycles. The predicted octanol–water partition coefficient (Wildman–Crippen LogP) is 3.65. The van der Waals surface area contributed by atoms with Crippen LogP contribution in [-0.4, -0.2) is 234 Å². The molecule has 1 rings (SSSR count). The van der Waals surface area contributed by atoms with Crippen LogP contribution in [0.5, 0.6) is 0 Å². The zero-order valence-corrected chi connectivity index (χ0v) is 57.6. The summed E-state index contributed by atoms with van der Waals surface area (Å²) in [6.07, 6.45) is 2.68.